The molecule has 4 aromatic rings. The van der Waals surface area contributed by atoms with Crippen molar-refractivity contribution in [3.8, 4) is 11.3 Å². The summed E-state index contributed by atoms with van der Waals surface area (Å²) in [6, 6.07) is 17.4. The third kappa shape index (κ3) is 3.57. The zero-order valence-corrected chi connectivity index (χ0v) is 16.8. The summed E-state index contributed by atoms with van der Waals surface area (Å²) in [5.41, 5.74) is 7.18. The molecule has 2 aromatic heterocycles. The lowest BCUT2D eigenvalue weighted by molar-refractivity contribution is 0.407. The molecule has 2 aromatic carbocycles. The molecular formula is C25H26N2. The second-order valence-electron chi connectivity index (χ2n) is 8.80. The first-order chi connectivity index (χ1) is 12.8. The molecule has 0 aliphatic heterocycles. The van der Waals surface area contributed by atoms with Crippen molar-refractivity contribution in [2.24, 2.45) is 5.41 Å². The third-order valence-electron chi connectivity index (χ3n) is 4.88. The molecule has 0 N–H and O–H groups in total. The fraction of sp³-hybridized carbons (Fsp3) is 0.280. The van der Waals surface area contributed by atoms with E-state index >= 15 is 0 Å². The Morgan fingerprint density at radius 3 is 2.19 bits per heavy atom. The number of aryl methyl sites for hydroxylation is 2. The molecule has 0 saturated carbocycles. The van der Waals surface area contributed by atoms with Crippen LogP contribution in [0, 0.1) is 19.3 Å². The smallest absolute Gasteiger partial charge is 0.0780 e. The van der Waals surface area contributed by atoms with Crippen molar-refractivity contribution in [1.29, 1.82) is 0 Å². The molecule has 0 radical (unpaired) electrons. The Balaban J connectivity index is 1.91. The van der Waals surface area contributed by atoms with Gasteiger partial charge in [0.05, 0.1) is 11.2 Å². The van der Waals surface area contributed by atoms with Crippen LogP contribution in [-0.4, -0.2) is 9.97 Å². The Kier molecular flexibility index (Phi) is 4.22. The first-order valence-electron chi connectivity index (χ1n) is 9.56. The van der Waals surface area contributed by atoms with E-state index in [0.717, 1.165) is 23.3 Å². The van der Waals surface area contributed by atoms with Gasteiger partial charge in [-0.3, -0.25) is 9.97 Å². The lowest BCUT2D eigenvalue weighted by Crippen LogP contribution is -2.10. The zero-order valence-electron chi connectivity index (χ0n) is 16.8. The number of nitrogens with zero attached hydrogens (tertiary/aromatic N) is 2. The Morgan fingerprint density at radius 1 is 0.778 bits per heavy atom. The van der Waals surface area contributed by atoms with E-state index in [0.29, 0.717) is 0 Å². The third-order valence-corrected chi connectivity index (χ3v) is 4.88. The van der Waals surface area contributed by atoms with Crippen LogP contribution in [0.15, 0.2) is 54.7 Å². The minimum absolute atomic E-state index is 0.234. The number of aromatic nitrogens is 2. The summed E-state index contributed by atoms with van der Waals surface area (Å²) >= 11 is 0. The molecule has 0 unspecified atom stereocenters. The predicted octanol–water partition coefficient (Wildman–Crippen LogP) is 6.66. The van der Waals surface area contributed by atoms with Crippen molar-refractivity contribution in [3.63, 3.8) is 0 Å². The molecule has 0 amide bonds. The average Bonchev–Trinajstić information content (AvgIpc) is 2.58. The lowest BCUT2D eigenvalue weighted by Gasteiger charge is -2.17. The van der Waals surface area contributed by atoms with E-state index in [1.54, 1.807) is 0 Å². The summed E-state index contributed by atoms with van der Waals surface area (Å²) in [6.07, 6.45) is 2.89. The van der Waals surface area contributed by atoms with Gasteiger partial charge in [0.2, 0.25) is 0 Å². The van der Waals surface area contributed by atoms with Gasteiger partial charge in [-0.15, -0.1) is 0 Å². The Bertz CT molecular complexity index is 1130. The van der Waals surface area contributed by atoms with Gasteiger partial charge in [0, 0.05) is 28.2 Å². The molecule has 0 spiro atoms. The minimum Gasteiger partial charge on any atom is -0.256 e. The van der Waals surface area contributed by atoms with Crippen LogP contribution in [0.25, 0.3) is 32.9 Å². The zero-order chi connectivity index (χ0) is 19.2. The van der Waals surface area contributed by atoms with Crippen LogP contribution in [0.1, 0.15) is 37.6 Å². The fourth-order valence-electron chi connectivity index (χ4n) is 3.89. The van der Waals surface area contributed by atoms with E-state index in [4.69, 9.17) is 9.97 Å². The van der Waals surface area contributed by atoms with Crippen LogP contribution in [-0.2, 0) is 6.42 Å². The molecule has 2 heterocycles. The van der Waals surface area contributed by atoms with Crippen molar-refractivity contribution in [1.82, 2.24) is 9.97 Å². The van der Waals surface area contributed by atoms with Gasteiger partial charge in [-0.2, -0.15) is 0 Å². The fourth-order valence-corrected chi connectivity index (χ4v) is 3.89. The molecule has 0 fully saturated rings. The maximum absolute atomic E-state index is 4.92. The molecule has 0 bridgehead atoms. The van der Waals surface area contributed by atoms with E-state index in [9.17, 15) is 0 Å². The van der Waals surface area contributed by atoms with Gasteiger partial charge in [-0.1, -0.05) is 44.0 Å². The van der Waals surface area contributed by atoms with Crippen molar-refractivity contribution >= 4 is 21.7 Å². The van der Waals surface area contributed by atoms with Gasteiger partial charge in [-0.05, 0) is 67.5 Å². The molecule has 136 valence electrons. The first-order valence-corrected chi connectivity index (χ1v) is 9.56. The standard InChI is InChI=1S/C25H26N2/c1-16-12-17(2)14-18(13-16)24-22-8-9-23-21(20(22)10-11-26-24)7-6-19(27-23)15-25(3,4)5/h6-14H,15H2,1-5H3. The molecule has 2 nitrogen and oxygen atoms in total. The Morgan fingerprint density at radius 2 is 1.48 bits per heavy atom. The van der Waals surface area contributed by atoms with Gasteiger partial charge in [0.1, 0.15) is 0 Å². The van der Waals surface area contributed by atoms with E-state index in [-0.39, 0.29) is 5.41 Å². The van der Waals surface area contributed by atoms with Gasteiger partial charge < -0.3 is 0 Å². The second-order valence-corrected chi connectivity index (χ2v) is 8.80. The van der Waals surface area contributed by atoms with Gasteiger partial charge >= 0.3 is 0 Å². The largest absolute Gasteiger partial charge is 0.256 e. The van der Waals surface area contributed by atoms with Crippen LogP contribution in [0.4, 0.5) is 0 Å². The maximum Gasteiger partial charge on any atom is 0.0780 e. The molecule has 4 rings (SSSR count). The highest BCUT2D eigenvalue weighted by atomic mass is 14.7. The molecule has 0 aliphatic carbocycles. The van der Waals surface area contributed by atoms with E-state index in [1.165, 1.54) is 32.8 Å². The number of benzene rings is 2. The number of fused-ring (bicyclic) bond motifs is 3. The van der Waals surface area contributed by atoms with Gasteiger partial charge in [-0.25, -0.2) is 0 Å². The van der Waals surface area contributed by atoms with Crippen molar-refractivity contribution in [2.75, 3.05) is 0 Å². The van der Waals surface area contributed by atoms with Crippen LogP contribution in [0.2, 0.25) is 0 Å². The minimum atomic E-state index is 0.234. The molecule has 2 heteroatoms. The van der Waals surface area contributed by atoms with E-state index in [1.807, 2.05) is 6.20 Å². The van der Waals surface area contributed by atoms with Gasteiger partial charge in [0.15, 0.2) is 0 Å². The summed E-state index contributed by atoms with van der Waals surface area (Å²) in [5, 5.41) is 3.59. The van der Waals surface area contributed by atoms with Crippen molar-refractivity contribution < 1.29 is 0 Å². The maximum atomic E-state index is 4.92. The average molecular weight is 354 g/mol. The summed E-state index contributed by atoms with van der Waals surface area (Å²) < 4.78 is 0. The summed E-state index contributed by atoms with van der Waals surface area (Å²) in [4.78, 5) is 9.63. The Hall–Kier alpha value is -2.74. The highest BCUT2D eigenvalue weighted by Crippen LogP contribution is 2.32. The Labute approximate surface area is 161 Å². The summed E-state index contributed by atoms with van der Waals surface area (Å²) in [5.74, 6) is 0. The van der Waals surface area contributed by atoms with E-state index < -0.39 is 0 Å². The van der Waals surface area contributed by atoms with Crippen molar-refractivity contribution in [2.45, 2.75) is 41.0 Å². The molecular weight excluding hydrogens is 328 g/mol. The summed E-state index contributed by atoms with van der Waals surface area (Å²) in [6.45, 7) is 11.0. The lowest BCUT2D eigenvalue weighted by atomic mass is 9.90. The number of hydrogen-bond acceptors (Lipinski definition) is 2. The van der Waals surface area contributed by atoms with E-state index in [2.05, 4.69) is 83.1 Å². The molecule has 0 saturated heterocycles. The molecule has 27 heavy (non-hydrogen) atoms. The quantitative estimate of drug-likeness (QED) is 0.376. The van der Waals surface area contributed by atoms with Crippen LogP contribution in [0.3, 0.4) is 0 Å². The number of rotatable bonds is 2. The molecule has 0 atom stereocenters. The van der Waals surface area contributed by atoms with Crippen LogP contribution >= 0.6 is 0 Å². The van der Waals surface area contributed by atoms with Crippen molar-refractivity contribution in [3.05, 3.63) is 71.5 Å². The topological polar surface area (TPSA) is 25.8 Å². The van der Waals surface area contributed by atoms with Crippen LogP contribution in [0.5, 0.6) is 0 Å². The number of pyridine rings is 2. The monoisotopic (exact) mass is 354 g/mol. The van der Waals surface area contributed by atoms with Gasteiger partial charge in [0.25, 0.3) is 0 Å². The first kappa shape index (κ1) is 17.7. The van der Waals surface area contributed by atoms with Crippen LogP contribution < -0.4 is 0 Å². The normalized spacial score (nSPS) is 12.0. The highest BCUT2D eigenvalue weighted by Gasteiger charge is 2.14. The number of hydrogen-bond donors (Lipinski definition) is 0. The second kappa shape index (κ2) is 6.45. The summed E-state index contributed by atoms with van der Waals surface area (Å²) in [7, 11) is 0. The SMILES string of the molecule is Cc1cc(C)cc(-c2nccc3c2ccc2nc(CC(C)(C)C)ccc23)c1. The predicted molar refractivity (Wildman–Crippen MR) is 115 cm³/mol. The molecule has 0 aliphatic rings. The highest BCUT2D eigenvalue weighted by molar-refractivity contribution is 6.10.